The number of para-hydroxylation sites is 1. The maximum atomic E-state index is 13.5. The Morgan fingerprint density at radius 1 is 1.10 bits per heavy atom. The van der Waals surface area contributed by atoms with Gasteiger partial charge in [-0.2, -0.15) is 0 Å². The minimum absolute atomic E-state index is 0.148. The van der Waals surface area contributed by atoms with E-state index in [1.807, 2.05) is 18.2 Å². The molecule has 1 unspecified atom stereocenters. The van der Waals surface area contributed by atoms with Crippen LogP contribution in [0.4, 0.5) is 10.1 Å². The smallest absolute Gasteiger partial charge is 0.161 e. The second-order valence-electron chi connectivity index (χ2n) is 5.09. The Hall–Kier alpha value is -2.23. The first-order chi connectivity index (χ1) is 9.65. The van der Waals surface area contributed by atoms with Gasteiger partial charge in [-0.25, -0.2) is 4.39 Å². The van der Waals surface area contributed by atoms with E-state index in [2.05, 4.69) is 6.92 Å². The van der Waals surface area contributed by atoms with E-state index in [1.165, 1.54) is 6.07 Å². The second-order valence-corrected chi connectivity index (χ2v) is 5.09. The molecule has 0 aliphatic carbocycles. The van der Waals surface area contributed by atoms with Crippen molar-refractivity contribution < 1.29 is 13.9 Å². The van der Waals surface area contributed by atoms with Crippen molar-refractivity contribution in [1.29, 1.82) is 0 Å². The number of benzene rings is 2. The van der Waals surface area contributed by atoms with E-state index < -0.39 is 5.82 Å². The van der Waals surface area contributed by atoms with Crippen molar-refractivity contribution in [2.75, 3.05) is 18.9 Å². The van der Waals surface area contributed by atoms with Crippen molar-refractivity contribution in [3.8, 4) is 22.6 Å². The lowest BCUT2D eigenvalue weighted by Crippen LogP contribution is -2.12. The summed E-state index contributed by atoms with van der Waals surface area (Å²) in [6.07, 6.45) is 0. The number of ether oxygens (including phenoxy) is 2. The Balaban J connectivity index is 2.02. The van der Waals surface area contributed by atoms with Crippen LogP contribution < -0.4 is 15.2 Å². The molecule has 0 saturated carbocycles. The van der Waals surface area contributed by atoms with E-state index in [1.54, 1.807) is 12.1 Å². The lowest BCUT2D eigenvalue weighted by atomic mass is 10.0. The van der Waals surface area contributed by atoms with E-state index in [0.29, 0.717) is 36.2 Å². The van der Waals surface area contributed by atoms with Crippen LogP contribution in [0.3, 0.4) is 0 Å². The summed E-state index contributed by atoms with van der Waals surface area (Å²) in [6, 6.07) is 10.3. The van der Waals surface area contributed by atoms with Gasteiger partial charge in [0, 0.05) is 11.5 Å². The van der Waals surface area contributed by atoms with Crippen LogP contribution in [0, 0.1) is 11.7 Å². The molecular weight excluding hydrogens is 257 g/mol. The maximum Gasteiger partial charge on any atom is 0.161 e. The second kappa shape index (κ2) is 5.04. The maximum absolute atomic E-state index is 13.5. The zero-order chi connectivity index (χ0) is 14.1. The van der Waals surface area contributed by atoms with Crippen LogP contribution in [0.2, 0.25) is 0 Å². The Kier molecular flexibility index (Phi) is 3.22. The first kappa shape index (κ1) is 12.8. The van der Waals surface area contributed by atoms with Gasteiger partial charge >= 0.3 is 0 Å². The molecule has 3 nitrogen and oxygen atoms in total. The molecule has 104 valence electrons. The number of rotatable bonds is 1. The molecule has 3 rings (SSSR count). The summed E-state index contributed by atoms with van der Waals surface area (Å²) in [5, 5.41) is 0. The zero-order valence-corrected chi connectivity index (χ0v) is 11.2. The number of halogens is 1. The van der Waals surface area contributed by atoms with Crippen molar-refractivity contribution in [3.63, 3.8) is 0 Å². The minimum atomic E-state index is -0.414. The summed E-state index contributed by atoms with van der Waals surface area (Å²) in [5.74, 6) is 1.32. The highest BCUT2D eigenvalue weighted by atomic mass is 19.1. The summed E-state index contributed by atoms with van der Waals surface area (Å²) in [4.78, 5) is 0. The van der Waals surface area contributed by atoms with Crippen molar-refractivity contribution in [1.82, 2.24) is 0 Å². The summed E-state index contributed by atoms with van der Waals surface area (Å²) in [6.45, 7) is 3.31. The molecule has 0 saturated heterocycles. The highest BCUT2D eigenvalue weighted by molar-refractivity contribution is 5.78. The summed E-state index contributed by atoms with van der Waals surface area (Å²) < 4.78 is 24.9. The molecule has 1 atom stereocenters. The largest absolute Gasteiger partial charge is 0.489 e. The van der Waals surface area contributed by atoms with Gasteiger partial charge in [0.1, 0.15) is 5.82 Å². The van der Waals surface area contributed by atoms with Crippen molar-refractivity contribution in [2.24, 2.45) is 5.92 Å². The fourth-order valence-corrected chi connectivity index (χ4v) is 2.21. The summed E-state index contributed by atoms with van der Waals surface area (Å²) in [7, 11) is 0. The third-order valence-corrected chi connectivity index (χ3v) is 3.35. The number of anilines is 1. The van der Waals surface area contributed by atoms with E-state index in [0.717, 1.165) is 5.56 Å². The number of hydrogen-bond acceptors (Lipinski definition) is 3. The van der Waals surface area contributed by atoms with E-state index in [9.17, 15) is 4.39 Å². The molecular formula is C16H16FNO2. The molecule has 0 aromatic heterocycles. The molecule has 0 spiro atoms. The lowest BCUT2D eigenvalue weighted by molar-refractivity contribution is 0.228. The highest BCUT2D eigenvalue weighted by Gasteiger charge is 2.16. The molecule has 2 N–H and O–H groups in total. The van der Waals surface area contributed by atoms with Gasteiger partial charge in [-0.05, 0) is 23.8 Å². The molecule has 0 radical (unpaired) electrons. The predicted octanol–water partition coefficient (Wildman–Crippen LogP) is 3.48. The van der Waals surface area contributed by atoms with Crippen LogP contribution in [0.15, 0.2) is 36.4 Å². The normalized spacial score (nSPS) is 17.6. The molecule has 0 bridgehead atoms. The summed E-state index contributed by atoms with van der Waals surface area (Å²) >= 11 is 0. The van der Waals surface area contributed by atoms with Crippen molar-refractivity contribution >= 4 is 5.69 Å². The van der Waals surface area contributed by atoms with Gasteiger partial charge in [-0.3, -0.25) is 0 Å². The summed E-state index contributed by atoms with van der Waals surface area (Å²) in [5.41, 5.74) is 7.42. The molecule has 1 aliphatic rings. The number of hydrogen-bond donors (Lipinski definition) is 1. The first-order valence-electron chi connectivity index (χ1n) is 6.59. The van der Waals surface area contributed by atoms with Crippen LogP contribution in [0.5, 0.6) is 11.5 Å². The third kappa shape index (κ3) is 2.29. The number of nitrogen functional groups attached to an aromatic ring is 1. The van der Waals surface area contributed by atoms with E-state index in [4.69, 9.17) is 15.2 Å². The molecule has 2 aromatic rings. The molecule has 0 fully saturated rings. The fourth-order valence-electron chi connectivity index (χ4n) is 2.21. The molecule has 20 heavy (non-hydrogen) atoms. The molecule has 1 aliphatic heterocycles. The van der Waals surface area contributed by atoms with Gasteiger partial charge < -0.3 is 15.2 Å². The third-order valence-electron chi connectivity index (χ3n) is 3.35. The van der Waals surface area contributed by atoms with Crippen LogP contribution >= 0.6 is 0 Å². The fraction of sp³-hybridized carbons (Fsp3) is 0.250. The van der Waals surface area contributed by atoms with Gasteiger partial charge in [0.05, 0.1) is 18.9 Å². The Morgan fingerprint density at radius 3 is 2.65 bits per heavy atom. The highest BCUT2D eigenvalue weighted by Crippen LogP contribution is 2.36. The van der Waals surface area contributed by atoms with Gasteiger partial charge in [-0.15, -0.1) is 0 Å². The number of fused-ring (bicyclic) bond motifs is 1. The Bertz CT molecular complexity index is 642. The molecule has 2 aromatic carbocycles. The lowest BCUT2D eigenvalue weighted by Gasteiger charge is -2.11. The Labute approximate surface area is 117 Å². The average Bonchev–Trinajstić information content (AvgIpc) is 2.64. The van der Waals surface area contributed by atoms with E-state index in [-0.39, 0.29) is 5.69 Å². The standard InChI is InChI=1S/C16H16FNO2/c1-10-8-19-14-6-5-11(7-15(14)20-9-10)12-3-2-4-13(17)16(12)18/h2-7,10H,8-9,18H2,1H3. The van der Waals surface area contributed by atoms with Gasteiger partial charge in [-0.1, -0.05) is 25.1 Å². The van der Waals surface area contributed by atoms with Gasteiger partial charge in [0.2, 0.25) is 0 Å². The Morgan fingerprint density at radius 2 is 1.85 bits per heavy atom. The van der Waals surface area contributed by atoms with Crippen LogP contribution in [-0.4, -0.2) is 13.2 Å². The minimum Gasteiger partial charge on any atom is -0.489 e. The van der Waals surface area contributed by atoms with Crippen LogP contribution in [0.25, 0.3) is 11.1 Å². The SMILES string of the molecule is CC1COc2ccc(-c3cccc(F)c3N)cc2OC1. The first-order valence-corrected chi connectivity index (χ1v) is 6.59. The van der Waals surface area contributed by atoms with E-state index >= 15 is 0 Å². The van der Waals surface area contributed by atoms with Crippen LogP contribution in [0.1, 0.15) is 6.92 Å². The monoisotopic (exact) mass is 273 g/mol. The topological polar surface area (TPSA) is 44.5 Å². The van der Waals surface area contributed by atoms with Crippen LogP contribution in [-0.2, 0) is 0 Å². The zero-order valence-electron chi connectivity index (χ0n) is 11.2. The molecule has 0 amide bonds. The van der Waals surface area contributed by atoms with Gasteiger partial charge in [0.25, 0.3) is 0 Å². The number of nitrogens with two attached hydrogens (primary N) is 1. The van der Waals surface area contributed by atoms with Crippen molar-refractivity contribution in [3.05, 3.63) is 42.2 Å². The molecule has 4 heteroatoms. The molecule has 1 heterocycles. The quantitative estimate of drug-likeness (QED) is 0.809. The van der Waals surface area contributed by atoms with Crippen molar-refractivity contribution in [2.45, 2.75) is 6.92 Å². The van der Waals surface area contributed by atoms with Gasteiger partial charge in [0.15, 0.2) is 11.5 Å². The predicted molar refractivity (Wildman–Crippen MR) is 76.4 cm³/mol. The average molecular weight is 273 g/mol.